The number of anilines is 1. The molecular formula is C8H11Br2IN3S+. The average molecular weight is 468 g/mol. The summed E-state index contributed by atoms with van der Waals surface area (Å²) in [7, 11) is -0.368. The fourth-order valence-corrected chi connectivity index (χ4v) is 3.20. The summed E-state index contributed by atoms with van der Waals surface area (Å²) in [6.45, 7) is 0. The summed E-state index contributed by atoms with van der Waals surface area (Å²) in [6, 6.07) is 3.79. The lowest BCUT2D eigenvalue weighted by atomic mass is 10.3. The first-order valence-corrected chi connectivity index (χ1v) is 6.90. The van der Waals surface area contributed by atoms with Gasteiger partial charge >= 0.3 is 5.17 Å². The lowest BCUT2D eigenvalue weighted by molar-refractivity contribution is 1.40. The molecule has 1 aromatic rings. The fourth-order valence-electron chi connectivity index (χ4n) is 0.865. The predicted octanol–water partition coefficient (Wildman–Crippen LogP) is 2.91. The normalized spacial score (nSPS) is 11.7. The van der Waals surface area contributed by atoms with Crippen LogP contribution in [0.25, 0.3) is 0 Å². The second-order valence-electron chi connectivity index (χ2n) is 2.68. The maximum atomic E-state index is 7.36. The zero-order valence-corrected chi connectivity index (χ0v) is 14.2. The zero-order chi connectivity index (χ0) is 10.9. The molecule has 3 nitrogen and oxygen atoms in total. The molecule has 1 aromatic carbocycles. The molecule has 0 aliphatic rings. The Labute approximate surface area is 125 Å². The van der Waals surface area contributed by atoms with Crippen molar-refractivity contribution in [3.8, 4) is 0 Å². The standard InChI is InChI=1S/C8H10Br2N3S.HI/c1-14(8(12)13)4-2-5(9)7(11)6(10)3-4;/h2-3H,11H2,1H3,(H3,12,13);1H/q+1;. The molecule has 0 aliphatic heterocycles. The molecule has 0 heterocycles. The first-order chi connectivity index (χ1) is 6.43. The predicted molar refractivity (Wildman–Crippen MR) is 85.1 cm³/mol. The molecule has 5 N–H and O–H groups in total. The van der Waals surface area contributed by atoms with Gasteiger partial charge in [0.15, 0.2) is 4.90 Å². The molecule has 0 saturated heterocycles. The van der Waals surface area contributed by atoms with Crippen LogP contribution in [0.5, 0.6) is 0 Å². The lowest BCUT2D eigenvalue weighted by Gasteiger charge is -2.04. The molecule has 1 atom stereocenters. The van der Waals surface area contributed by atoms with Crippen molar-refractivity contribution in [1.29, 1.82) is 5.41 Å². The Morgan fingerprint density at radius 2 is 1.73 bits per heavy atom. The molecule has 0 saturated carbocycles. The van der Waals surface area contributed by atoms with Crippen molar-refractivity contribution in [3.63, 3.8) is 0 Å². The first kappa shape index (κ1) is 15.5. The topological polar surface area (TPSA) is 75.9 Å². The van der Waals surface area contributed by atoms with E-state index >= 15 is 0 Å². The Balaban J connectivity index is 0.00000196. The summed E-state index contributed by atoms with van der Waals surface area (Å²) in [5.74, 6) is 0. The Morgan fingerprint density at radius 1 is 1.33 bits per heavy atom. The van der Waals surface area contributed by atoms with Crippen LogP contribution < -0.4 is 11.5 Å². The number of nitrogens with two attached hydrogens (primary N) is 2. The van der Waals surface area contributed by atoms with Gasteiger partial charge in [0.2, 0.25) is 0 Å². The minimum absolute atomic E-state index is 0. The molecule has 1 unspecified atom stereocenters. The van der Waals surface area contributed by atoms with Crippen molar-refractivity contribution in [2.75, 3.05) is 12.0 Å². The highest BCUT2D eigenvalue weighted by molar-refractivity contribution is 14.0. The molecule has 0 amide bonds. The number of hydrogen-bond donors (Lipinski definition) is 3. The largest absolute Gasteiger partial charge is 0.397 e. The summed E-state index contributed by atoms with van der Waals surface area (Å²) < 4.78 is 1.64. The number of benzene rings is 1. The Kier molecular flexibility index (Phi) is 6.53. The van der Waals surface area contributed by atoms with Gasteiger partial charge in [-0.1, -0.05) is 0 Å². The second-order valence-corrected chi connectivity index (χ2v) is 6.32. The van der Waals surface area contributed by atoms with Crippen LogP contribution in [0, 0.1) is 5.41 Å². The minimum atomic E-state index is -0.368. The molecule has 0 spiro atoms. The van der Waals surface area contributed by atoms with E-state index in [-0.39, 0.29) is 40.0 Å². The van der Waals surface area contributed by atoms with E-state index in [1.807, 2.05) is 18.4 Å². The highest BCUT2D eigenvalue weighted by Crippen LogP contribution is 2.31. The van der Waals surface area contributed by atoms with Crippen molar-refractivity contribution >= 4 is 77.6 Å². The molecular weight excluding hydrogens is 457 g/mol. The van der Waals surface area contributed by atoms with Gasteiger partial charge in [-0.3, -0.25) is 0 Å². The Morgan fingerprint density at radius 3 is 2.07 bits per heavy atom. The Hall–Kier alpha value is 0.530. The minimum Gasteiger partial charge on any atom is -0.397 e. The van der Waals surface area contributed by atoms with Crippen LogP contribution in [-0.4, -0.2) is 11.4 Å². The van der Waals surface area contributed by atoms with Gasteiger partial charge in [-0.15, -0.1) is 24.0 Å². The van der Waals surface area contributed by atoms with Crippen molar-refractivity contribution < 1.29 is 0 Å². The maximum Gasteiger partial charge on any atom is 0.314 e. The first-order valence-electron chi connectivity index (χ1n) is 3.68. The van der Waals surface area contributed by atoms with E-state index in [4.69, 9.17) is 16.9 Å². The number of nitrogen functional groups attached to an aromatic ring is 1. The van der Waals surface area contributed by atoms with E-state index < -0.39 is 0 Å². The Bertz CT molecular complexity index is 363. The van der Waals surface area contributed by atoms with Crippen LogP contribution >= 0.6 is 55.8 Å². The molecule has 7 heteroatoms. The third kappa shape index (κ3) is 3.79. The smallest absolute Gasteiger partial charge is 0.314 e. The number of rotatable bonds is 1. The molecule has 84 valence electrons. The van der Waals surface area contributed by atoms with Crippen LogP contribution in [0.15, 0.2) is 26.0 Å². The van der Waals surface area contributed by atoms with Gasteiger partial charge in [-0.25, -0.2) is 5.41 Å². The monoisotopic (exact) mass is 466 g/mol. The van der Waals surface area contributed by atoms with Crippen LogP contribution in [0.4, 0.5) is 5.69 Å². The molecule has 1 rings (SSSR count). The van der Waals surface area contributed by atoms with Crippen molar-refractivity contribution in [2.24, 2.45) is 5.73 Å². The van der Waals surface area contributed by atoms with Crippen LogP contribution in [0.2, 0.25) is 0 Å². The van der Waals surface area contributed by atoms with Gasteiger partial charge in [0.1, 0.15) is 6.26 Å². The van der Waals surface area contributed by atoms with E-state index in [9.17, 15) is 0 Å². The molecule has 0 bridgehead atoms. The van der Waals surface area contributed by atoms with E-state index in [1.165, 1.54) is 0 Å². The van der Waals surface area contributed by atoms with Crippen LogP contribution in [0.3, 0.4) is 0 Å². The lowest BCUT2D eigenvalue weighted by Crippen LogP contribution is -2.22. The van der Waals surface area contributed by atoms with Gasteiger partial charge in [-0.2, -0.15) is 0 Å². The van der Waals surface area contributed by atoms with Gasteiger partial charge < -0.3 is 11.5 Å². The third-order valence-electron chi connectivity index (χ3n) is 1.74. The van der Waals surface area contributed by atoms with Crippen LogP contribution in [0.1, 0.15) is 0 Å². The zero-order valence-electron chi connectivity index (χ0n) is 7.88. The average Bonchev–Trinajstić information content (AvgIpc) is 2.12. The number of amidine groups is 1. The second kappa shape index (κ2) is 6.31. The van der Waals surface area contributed by atoms with E-state index in [2.05, 4.69) is 31.9 Å². The number of nitrogens with one attached hydrogen (secondary N) is 1. The highest BCUT2D eigenvalue weighted by atomic mass is 127. The van der Waals surface area contributed by atoms with Crippen molar-refractivity contribution in [2.45, 2.75) is 4.90 Å². The van der Waals surface area contributed by atoms with Crippen molar-refractivity contribution in [3.05, 3.63) is 21.1 Å². The molecule has 0 radical (unpaired) electrons. The summed E-state index contributed by atoms with van der Waals surface area (Å²) in [5.41, 5.74) is 11.9. The number of halogens is 3. The van der Waals surface area contributed by atoms with Crippen molar-refractivity contribution in [1.82, 2.24) is 0 Å². The van der Waals surface area contributed by atoms with Gasteiger partial charge in [0.25, 0.3) is 0 Å². The van der Waals surface area contributed by atoms with Crippen LogP contribution in [-0.2, 0) is 10.9 Å². The van der Waals surface area contributed by atoms with Gasteiger partial charge in [-0.05, 0) is 31.9 Å². The van der Waals surface area contributed by atoms with E-state index in [0.717, 1.165) is 13.8 Å². The summed E-state index contributed by atoms with van der Waals surface area (Å²) >= 11 is 6.70. The highest BCUT2D eigenvalue weighted by Gasteiger charge is 2.22. The molecule has 0 aromatic heterocycles. The molecule has 0 aliphatic carbocycles. The SMILES string of the molecule is C[S+](C(=N)N)c1cc(Br)c(N)c(Br)c1.I. The summed E-state index contributed by atoms with van der Waals surface area (Å²) in [6.07, 6.45) is 1.91. The molecule has 0 fully saturated rings. The van der Waals surface area contributed by atoms with E-state index in [1.54, 1.807) is 0 Å². The quantitative estimate of drug-likeness (QED) is 0.195. The third-order valence-corrected chi connectivity index (χ3v) is 4.65. The fraction of sp³-hybridized carbons (Fsp3) is 0.125. The maximum absolute atomic E-state index is 7.36. The number of hydrogen-bond acceptors (Lipinski definition) is 2. The van der Waals surface area contributed by atoms with Gasteiger partial charge in [0, 0.05) is 21.1 Å². The summed E-state index contributed by atoms with van der Waals surface area (Å²) in [5, 5.41) is 7.54. The molecule has 15 heavy (non-hydrogen) atoms. The van der Waals surface area contributed by atoms with E-state index in [0.29, 0.717) is 5.69 Å². The van der Waals surface area contributed by atoms with Gasteiger partial charge in [0.05, 0.1) is 16.6 Å². The summed E-state index contributed by atoms with van der Waals surface area (Å²) in [4.78, 5) is 0.991.